The summed E-state index contributed by atoms with van der Waals surface area (Å²) in [5.41, 5.74) is 3.21. The molecule has 0 aliphatic heterocycles. The van der Waals surface area contributed by atoms with Gasteiger partial charge in [0.1, 0.15) is 12.2 Å². The summed E-state index contributed by atoms with van der Waals surface area (Å²) in [5.74, 6) is -0.273. The first kappa shape index (κ1) is 20.6. The van der Waals surface area contributed by atoms with E-state index in [4.69, 9.17) is 4.52 Å². The van der Waals surface area contributed by atoms with Gasteiger partial charge in [0, 0.05) is 5.69 Å². The largest absolute Gasteiger partial charge is 0.360 e. The van der Waals surface area contributed by atoms with E-state index in [0.717, 1.165) is 15.4 Å². The van der Waals surface area contributed by atoms with Crippen molar-refractivity contribution in [3.05, 3.63) is 71.1 Å². The molecule has 0 spiro atoms. The molecule has 0 aliphatic rings. The molecule has 0 atom stereocenters. The molecule has 0 unspecified atom stereocenters. The molecular weight excluding hydrogens is 390 g/mol. The van der Waals surface area contributed by atoms with Gasteiger partial charge in [-0.25, -0.2) is 8.42 Å². The number of aryl methyl sites for hydroxylation is 4. The van der Waals surface area contributed by atoms with E-state index in [9.17, 15) is 13.2 Å². The second-order valence-electron chi connectivity index (χ2n) is 6.92. The summed E-state index contributed by atoms with van der Waals surface area (Å²) in [7, 11) is -4.06. The van der Waals surface area contributed by atoms with Gasteiger partial charge in [0.15, 0.2) is 10.7 Å². The number of rotatable bonds is 6. The minimum Gasteiger partial charge on any atom is -0.360 e. The first-order chi connectivity index (χ1) is 13.7. The van der Waals surface area contributed by atoms with Crippen LogP contribution in [0, 0.1) is 27.7 Å². The number of carbonyl (C=O) groups excluding carboxylic acids is 1. The van der Waals surface area contributed by atoms with E-state index in [1.54, 1.807) is 37.3 Å². The molecule has 1 amide bonds. The zero-order valence-corrected chi connectivity index (χ0v) is 17.6. The van der Waals surface area contributed by atoms with Gasteiger partial charge < -0.3 is 9.84 Å². The van der Waals surface area contributed by atoms with E-state index in [-0.39, 0.29) is 22.9 Å². The molecule has 0 aliphatic carbocycles. The minimum atomic E-state index is -4.06. The van der Waals surface area contributed by atoms with Gasteiger partial charge in [-0.15, -0.1) is 0 Å². The second-order valence-corrected chi connectivity index (χ2v) is 8.72. The molecule has 7 nitrogen and oxygen atoms in total. The summed E-state index contributed by atoms with van der Waals surface area (Å²) < 4.78 is 32.9. The van der Waals surface area contributed by atoms with Gasteiger partial charge in [0.2, 0.25) is 5.91 Å². The molecule has 0 saturated heterocycles. The van der Waals surface area contributed by atoms with Crippen LogP contribution in [-0.2, 0) is 14.8 Å². The number of amides is 1. The van der Waals surface area contributed by atoms with Crippen molar-refractivity contribution >= 4 is 27.3 Å². The van der Waals surface area contributed by atoms with E-state index in [1.165, 1.54) is 6.92 Å². The van der Waals surface area contributed by atoms with E-state index in [1.807, 2.05) is 32.0 Å². The van der Waals surface area contributed by atoms with Crippen molar-refractivity contribution < 1.29 is 17.7 Å². The maximum absolute atomic E-state index is 13.4. The summed E-state index contributed by atoms with van der Waals surface area (Å²) in [4.78, 5) is 12.7. The number of anilines is 2. The lowest BCUT2D eigenvalue weighted by molar-refractivity contribution is -0.114. The second kappa shape index (κ2) is 8.08. The molecule has 1 aromatic heterocycles. The average molecular weight is 413 g/mol. The van der Waals surface area contributed by atoms with Crippen LogP contribution >= 0.6 is 0 Å². The monoisotopic (exact) mass is 413 g/mol. The number of benzene rings is 2. The van der Waals surface area contributed by atoms with Crippen molar-refractivity contribution in [3.8, 4) is 0 Å². The average Bonchev–Trinajstić information content (AvgIpc) is 2.99. The van der Waals surface area contributed by atoms with Gasteiger partial charge in [-0.05, 0) is 57.5 Å². The highest BCUT2D eigenvalue weighted by Crippen LogP contribution is 2.28. The molecule has 0 bridgehead atoms. The summed E-state index contributed by atoms with van der Waals surface area (Å²) in [6.07, 6.45) is 0. The molecule has 29 heavy (non-hydrogen) atoms. The van der Waals surface area contributed by atoms with Gasteiger partial charge in [-0.1, -0.05) is 35.0 Å². The Labute approximate surface area is 170 Å². The molecule has 0 radical (unpaired) electrons. The predicted octanol–water partition coefficient (Wildman–Crippen LogP) is 3.74. The van der Waals surface area contributed by atoms with Crippen LogP contribution < -0.4 is 9.62 Å². The van der Waals surface area contributed by atoms with E-state index in [0.29, 0.717) is 11.4 Å². The molecular formula is C21H23N3O4S. The van der Waals surface area contributed by atoms with Gasteiger partial charge in [0.05, 0.1) is 5.69 Å². The molecule has 8 heteroatoms. The van der Waals surface area contributed by atoms with Gasteiger partial charge in [0.25, 0.3) is 10.0 Å². The van der Waals surface area contributed by atoms with Gasteiger partial charge >= 0.3 is 0 Å². The highest BCUT2D eigenvalue weighted by Gasteiger charge is 2.32. The third-order valence-electron chi connectivity index (χ3n) is 4.43. The molecule has 2 aromatic carbocycles. The van der Waals surface area contributed by atoms with E-state index in [2.05, 4.69) is 10.5 Å². The SMILES string of the molecule is Cc1ccc(N(CC(=O)Nc2cccc(C)c2)S(=O)(=O)c2c(C)noc2C)cc1. The Morgan fingerprint density at radius 3 is 2.31 bits per heavy atom. The molecule has 152 valence electrons. The highest BCUT2D eigenvalue weighted by molar-refractivity contribution is 7.93. The molecule has 0 saturated carbocycles. The molecule has 1 heterocycles. The Hall–Kier alpha value is -3.13. The summed E-state index contributed by atoms with van der Waals surface area (Å²) in [6, 6.07) is 14.2. The fraction of sp³-hybridized carbons (Fsp3) is 0.238. The zero-order chi connectivity index (χ0) is 21.2. The Balaban J connectivity index is 1.97. The number of sulfonamides is 1. The number of hydrogen-bond acceptors (Lipinski definition) is 5. The molecule has 3 rings (SSSR count). The fourth-order valence-electron chi connectivity index (χ4n) is 3.03. The number of carbonyl (C=O) groups is 1. The van der Waals surface area contributed by atoms with Crippen LogP contribution in [0.25, 0.3) is 0 Å². The topological polar surface area (TPSA) is 92.5 Å². The van der Waals surface area contributed by atoms with E-state index < -0.39 is 15.9 Å². The number of nitrogens with one attached hydrogen (secondary N) is 1. The van der Waals surface area contributed by atoms with Crippen LogP contribution in [0.15, 0.2) is 57.9 Å². The van der Waals surface area contributed by atoms with Crippen LogP contribution in [0.5, 0.6) is 0 Å². The Morgan fingerprint density at radius 1 is 1.03 bits per heavy atom. The number of hydrogen-bond donors (Lipinski definition) is 1. The summed E-state index contributed by atoms with van der Waals surface area (Å²) in [6.45, 7) is 6.53. The van der Waals surface area contributed by atoms with Crippen LogP contribution in [0.3, 0.4) is 0 Å². The number of aromatic nitrogens is 1. The minimum absolute atomic E-state index is 0.0265. The molecule has 3 aromatic rings. The lowest BCUT2D eigenvalue weighted by Crippen LogP contribution is -2.38. The first-order valence-corrected chi connectivity index (χ1v) is 10.5. The lowest BCUT2D eigenvalue weighted by Gasteiger charge is -2.24. The first-order valence-electron chi connectivity index (χ1n) is 9.07. The predicted molar refractivity (Wildman–Crippen MR) is 111 cm³/mol. The molecule has 0 fully saturated rings. The highest BCUT2D eigenvalue weighted by atomic mass is 32.2. The van der Waals surface area contributed by atoms with Gasteiger partial charge in [-0.2, -0.15) is 0 Å². The van der Waals surface area contributed by atoms with Crippen molar-refractivity contribution in [3.63, 3.8) is 0 Å². The Morgan fingerprint density at radius 2 is 1.72 bits per heavy atom. The summed E-state index contributed by atoms with van der Waals surface area (Å²) in [5, 5.41) is 6.50. The van der Waals surface area contributed by atoms with Gasteiger partial charge in [-0.3, -0.25) is 9.10 Å². The third kappa shape index (κ3) is 4.48. The summed E-state index contributed by atoms with van der Waals surface area (Å²) >= 11 is 0. The Bertz CT molecular complexity index is 1120. The maximum atomic E-state index is 13.4. The van der Waals surface area contributed by atoms with E-state index >= 15 is 0 Å². The van der Waals surface area contributed by atoms with Crippen LogP contribution in [-0.4, -0.2) is 26.0 Å². The van der Waals surface area contributed by atoms with Crippen molar-refractivity contribution in [1.29, 1.82) is 0 Å². The Kier molecular flexibility index (Phi) is 5.74. The fourth-order valence-corrected chi connectivity index (χ4v) is 4.75. The number of nitrogens with zero attached hydrogens (tertiary/aromatic N) is 2. The van der Waals surface area contributed by atoms with Crippen molar-refractivity contribution in [2.75, 3.05) is 16.2 Å². The van der Waals surface area contributed by atoms with Crippen molar-refractivity contribution in [2.45, 2.75) is 32.6 Å². The normalized spacial score (nSPS) is 11.3. The molecule has 1 N–H and O–H groups in total. The zero-order valence-electron chi connectivity index (χ0n) is 16.8. The van der Waals surface area contributed by atoms with Crippen LogP contribution in [0.1, 0.15) is 22.6 Å². The smallest absolute Gasteiger partial charge is 0.270 e. The van der Waals surface area contributed by atoms with Crippen molar-refractivity contribution in [2.24, 2.45) is 0 Å². The third-order valence-corrected chi connectivity index (χ3v) is 6.45. The standard InChI is InChI=1S/C21H23N3O4S/c1-14-8-10-19(11-9-14)24(29(26,27)21-16(3)23-28-17(21)4)13-20(25)22-18-7-5-6-15(2)12-18/h5-12H,13H2,1-4H3,(H,22,25). The maximum Gasteiger partial charge on any atom is 0.270 e. The van der Waals surface area contributed by atoms with Crippen LogP contribution in [0.4, 0.5) is 11.4 Å². The van der Waals surface area contributed by atoms with Crippen molar-refractivity contribution in [1.82, 2.24) is 5.16 Å². The quantitative estimate of drug-likeness (QED) is 0.664. The van der Waals surface area contributed by atoms with Crippen LogP contribution in [0.2, 0.25) is 0 Å². The lowest BCUT2D eigenvalue weighted by atomic mass is 10.2.